The van der Waals surface area contributed by atoms with Gasteiger partial charge in [0.05, 0.1) is 10.6 Å². The van der Waals surface area contributed by atoms with Crippen molar-refractivity contribution in [1.82, 2.24) is 0 Å². The lowest BCUT2D eigenvalue weighted by Gasteiger charge is -2.14. The zero-order valence-electron chi connectivity index (χ0n) is 11.1. The number of thiocarbonyl (C=S) groups is 1. The van der Waals surface area contributed by atoms with E-state index in [-0.39, 0.29) is 0 Å². The van der Waals surface area contributed by atoms with E-state index < -0.39 is 0 Å². The van der Waals surface area contributed by atoms with Crippen molar-refractivity contribution in [2.24, 2.45) is 5.73 Å². The van der Waals surface area contributed by atoms with Gasteiger partial charge in [-0.1, -0.05) is 36.0 Å². The molecule has 0 bridgehead atoms. The quantitative estimate of drug-likeness (QED) is 0.647. The molecular formula is C15H14ClNOS2. The second-order valence-electron chi connectivity index (χ2n) is 4.23. The first-order valence-corrected chi connectivity index (χ1v) is 7.95. The number of aryl methyl sites for hydroxylation is 1. The summed E-state index contributed by atoms with van der Waals surface area (Å²) in [7, 11) is 0. The summed E-state index contributed by atoms with van der Waals surface area (Å²) in [6.07, 6.45) is 1.97. The maximum atomic E-state index is 6.16. The number of benzene rings is 2. The Bertz CT molecular complexity index is 658. The Morgan fingerprint density at radius 1 is 1.25 bits per heavy atom. The number of halogens is 1. The molecule has 0 heterocycles. The minimum Gasteiger partial charge on any atom is -0.455 e. The lowest BCUT2D eigenvalue weighted by molar-refractivity contribution is 0.480. The van der Waals surface area contributed by atoms with Crippen molar-refractivity contribution < 1.29 is 4.74 Å². The van der Waals surface area contributed by atoms with Crippen LogP contribution in [0.3, 0.4) is 0 Å². The van der Waals surface area contributed by atoms with Gasteiger partial charge in [-0.25, -0.2) is 0 Å². The molecule has 0 unspecified atom stereocenters. The van der Waals surface area contributed by atoms with E-state index in [9.17, 15) is 0 Å². The monoisotopic (exact) mass is 323 g/mol. The van der Waals surface area contributed by atoms with Crippen molar-refractivity contribution in [1.29, 1.82) is 0 Å². The van der Waals surface area contributed by atoms with E-state index in [0.29, 0.717) is 21.5 Å². The van der Waals surface area contributed by atoms with E-state index in [1.54, 1.807) is 11.8 Å². The predicted octanol–water partition coefficient (Wildman–Crippen LogP) is 4.80. The summed E-state index contributed by atoms with van der Waals surface area (Å²) < 4.78 is 5.91. The number of ether oxygens (including phenoxy) is 1. The molecule has 0 atom stereocenters. The van der Waals surface area contributed by atoms with Gasteiger partial charge in [0.2, 0.25) is 0 Å². The molecule has 0 saturated carbocycles. The van der Waals surface area contributed by atoms with Crippen LogP contribution in [0.2, 0.25) is 5.02 Å². The average Bonchev–Trinajstić information content (AvgIpc) is 2.42. The minimum absolute atomic E-state index is 0.314. The largest absolute Gasteiger partial charge is 0.455 e. The first-order chi connectivity index (χ1) is 9.52. The Hall–Kier alpha value is -1.23. The molecule has 0 aliphatic heterocycles. The maximum Gasteiger partial charge on any atom is 0.146 e. The highest BCUT2D eigenvalue weighted by Gasteiger charge is 2.13. The number of nitrogens with two attached hydrogens (primary N) is 1. The van der Waals surface area contributed by atoms with Gasteiger partial charge >= 0.3 is 0 Å². The third-order valence-corrected chi connectivity index (χ3v) is 4.06. The fourth-order valence-electron chi connectivity index (χ4n) is 1.82. The predicted molar refractivity (Wildman–Crippen MR) is 90.4 cm³/mol. The van der Waals surface area contributed by atoms with Gasteiger partial charge in [0.1, 0.15) is 16.5 Å². The Morgan fingerprint density at radius 3 is 2.65 bits per heavy atom. The van der Waals surface area contributed by atoms with E-state index in [1.165, 1.54) is 0 Å². The van der Waals surface area contributed by atoms with Gasteiger partial charge in [0, 0.05) is 4.90 Å². The summed E-state index contributed by atoms with van der Waals surface area (Å²) in [5, 5.41) is 0.555. The normalized spacial score (nSPS) is 10.3. The summed E-state index contributed by atoms with van der Waals surface area (Å²) in [5.41, 5.74) is 7.63. The van der Waals surface area contributed by atoms with E-state index in [1.807, 2.05) is 49.6 Å². The molecule has 0 spiro atoms. The van der Waals surface area contributed by atoms with Crippen LogP contribution in [0.25, 0.3) is 0 Å². The highest BCUT2D eigenvalue weighted by molar-refractivity contribution is 7.98. The highest BCUT2D eigenvalue weighted by Crippen LogP contribution is 2.35. The van der Waals surface area contributed by atoms with Crippen molar-refractivity contribution in [3.63, 3.8) is 0 Å². The number of thioether (sulfide) groups is 1. The van der Waals surface area contributed by atoms with Gasteiger partial charge in [0.25, 0.3) is 0 Å². The Labute approximate surface area is 133 Å². The molecule has 0 amide bonds. The molecule has 104 valence electrons. The third kappa shape index (κ3) is 3.26. The average molecular weight is 324 g/mol. The summed E-state index contributed by atoms with van der Waals surface area (Å²) >= 11 is 12.9. The fourth-order valence-corrected chi connectivity index (χ4v) is 2.88. The van der Waals surface area contributed by atoms with Crippen LogP contribution in [0.1, 0.15) is 11.1 Å². The van der Waals surface area contributed by atoms with Crippen LogP contribution in [-0.4, -0.2) is 11.2 Å². The van der Waals surface area contributed by atoms with E-state index in [2.05, 4.69) is 0 Å². The zero-order chi connectivity index (χ0) is 14.7. The molecule has 0 saturated heterocycles. The van der Waals surface area contributed by atoms with E-state index >= 15 is 0 Å². The van der Waals surface area contributed by atoms with Gasteiger partial charge in [-0.2, -0.15) is 0 Å². The first kappa shape index (κ1) is 15.2. The number of rotatable bonds is 4. The van der Waals surface area contributed by atoms with Crippen molar-refractivity contribution >= 4 is 40.6 Å². The summed E-state index contributed by atoms with van der Waals surface area (Å²) in [6.45, 7) is 1.98. The van der Waals surface area contributed by atoms with Crippen LogP contribution in [0.4, 0.5) is 0 Å². The molecule has 2 rings (SSSR count). The fraction of sp³-hybridized carbons (Fsp3) is 0.133. The molecule has 2 nitrogen and oxygen atoms in total. The lowest BCUT2D eigenvalue weighted by atomic mass is 10.2. The molecule has 0 fully saturated rings. The summed E-state index contributed by atoms with van der Waals surface area (Å²) in [6, 6.07) is 11.3. The SMILES string of the molecule is CSc1cccc(Oc2cc(C)ccc2Cl)c1C(N)=S. The van der Waals surface area contributed by atoms with Gasteiger partial charge in [-0.05, 0) is 43.0 Å². The second-order valence-corrected chi connectivity index (χ2v) is 5.93. The summed E-state index contributed by atoms with van der Waals surface area (Å²) in [5.74, 6) is 1.22. The van der Waals surface area contributed by atoms with Gasteiger partial charge in [0.15, 0.2) is 0 Å². The van der Waals surface area contributed by atoms with E-state index in [4.69, 9.17) is 34.3 Å². The van der Waals surface area contributed by atoms with Crippen LogP contribution in [0.5, 0.6) is 11.5 Å². The second kappa shape index (κ2) is 6.48. The van der Waals surface area contributed by atoms with Crippen LogP contribution in [-0.2, 0) is 0 Å². The zero-order valence-corrected chi connectivity index (χ0v) is 13.5. The third-order valence-electron chi connectivity index (χ3n) is 2.76. The van der Waals surface area contributed by atoms with Crippen molar-refractivity contribution in [3.05, 3.63) is 52.5 Å². The highest BCUT2D eigenvalue weighted by atomic mass is 35.5. The van der Waals surface area contributed by atoms with Crippen LogP contribution >= 0.6 is 35.6 Å². The molecule has 2 aromatic rings. The summed E-state index contributed by atoms with van der Waals surface area (Å²) in [4.78, 5) is 1.30. The van der Waals surface area contributed by atoms with Crippen molar-refractivity contribution in [2.75, 3.05) is 6.26 Å². The van der Waals surface area contributed by atoms with Gasteiger partial charge < -0.3 is 10.5 Å². The topological polar surface area (TPSA) is 35.2 Å². The Kier molecular flexibility index (Phi) is 4.91. The minimum atomic E-state index is 0.314. The number of hydrogen-bond acceptors (Lipinski definition) is 3. The van der Waals surface area contributed by atoms with Crippen LogP contribution < -0.4 is 10.5 Å². The Morgan fingerprint density at radius 2 is 2.00 bits per heavy atom. The molecule has 2 N–H and O–H groups in total. The standard InChI is InChI=1S/C15H14ClNOS2/c1-9-6-7-10(16)12(8-9)18-11-4-3-5-13(20-2)14(11)15(17)19/h3-8H,1-2H3,(H2,17,19). The van der Waals surface area contributed by atoms with E-state index in [0.717, 1.165) is 16.0 Å². The molecule has 20 heavy (non-hydrogen) atoms. The van der Waals surface area contributed by atoms with Gasteiger partial charge in [-0.15, -0.1) is 11.8 Å². The molecule has 2 aromatic carbocycles. The van der Waals surface area contributed by atoms with Gasteiger partial charge in [-0.3, -0.25) is 0 Å². The van der Waals surface area contributed by atoms with Crippen molar-refractivity contribution in [2.45, 2.75) is 11.8 Å². The number of hydrogen-bond donors (Lipinski definition) is 1. The van der Waals surface area contributed by atoms with Crippen molar-refractivity contribution in [3.8, 4) is 11.5 Å². The molecule has 5 heteroatoms. The van der Waals surface area contributed by atoms with Crippen LogP contribution in [0.15, 0.2) is 41.3 Å². The smallest absolute Gasteiger partial charge is 0.146 e. The Balaban J connectivity index is 2.48. The first-order valence-electron chi connectivity index (χ1n) is 5.93. The lowest BCUT2D eigenvalue weighted by Crippen LogP contribution is -2.12. The molecule has 0 aliphatic carbocycles. The molecule has 0 aromatic heterocycles. The molecular weight excluding hydrogens is 310 g/mol. The maximum absolute atomic E-state index is 6.16. The van der Waals surface area contributed by atoms with Crippen LogP contribution in [0, 0.1) is 6.92 Å². The molecule has 0 radical (unpaired) electrons. The molecule has 0 aliphatic rings.